The van der Waals surface area contributed by atoms with Crippen molar-refractivity contribution < 1.29 is 0 Å². The smallest absolute Gasteiger partial charge is 0.171 e. The van der Waals surface area contributed by atoms with E-state index in [0.29, 0.717) is 0 Å². The van der Waals surface area contributed by atoms with Crippen LogP contribution < -0.4 is 11.1 Å². The van der Waals surface area contributed by atoms with Crippen LogP contribution in [-0.4, -0.2) is 16.3 Å². The van der Waals surface area contributed by atoms with E-state index in [4.69, 9.17) is 5.73 Å². The summed E-state index contributed by atoms with van der Waals surface area (Å²) in [5.41, 5.74) is 6.57. The first-order valence-electron chi connectivity index (χ1n) is 6.68. The Morgan fingerprint density at radius 2 is 2.12 bits per heavy atom. The SMILES string of the molecule is CC1CCC(CCNc2nn(C)cc2N)CC1. The Morgan fingerprint density at radius 1 is 1.41 bits per heavy atom. The second kappa shape index (κ2) is 5.43. The fraction of sp³-hybridized carbons (Fsp3) is 0.769. The highest BCUT2D eigenvalue weighted by atomic mass is 15.3. The topological polar surface area (TPSA) is 55.9 Å². The summed E-state index contributed by atoms with van der Waals surface area (Å²) in [6.07, 6.45) is 8.65. The van der Waals surface area contributed by atoms with Crippen molar-refractivity contribution in [2.45, 2.75) is 39.0 Å². The number of anilines is 2. The molecule has 0 unspecified atom stereocenters. The Hall–Kier alpha value is -1.19. The van der Waals surface area contributed by atoms with E-state index in [0.717, 1.165) is 29.9 Å². The number of hydrogen-bond acceptors (Lipinski definition) is 3. The van der Waals surface area contributed by atoms with Crippen LogP contribution in [-0.2, 0) is 7.05 Å². The molecule has 96 valence electrons. The average molecular weight is 236 g/mol. The minimum Gasteiger partial charge on any atom is -0.394 e. The van der Waals surface area contributed by atoms with Gasteiger partial charge in [-0.2, -0.15) is 5.10 Å². The van der Waals surface area contributed by atoms with Gasteiger partial charge in [-0.1, -0.05) is 32.6 Å². The predicted molar refractivity (Wildman–Crippen MR) is 71.8 cm³/mol. The van der Waals surface area contributed by atoms with Crippen LogP contribution in [0.1, 0.15) is 39.0 Å². The Kier molecular flexibility index (Phi) is 3.92. The molecule has 0 atom stereocenters. The Balaban J connectivity index is 1.71. The molecule has 0 aliphatic heterocycles. The number of nitrogens with one attached hydrogen (secondary N) is 1. The molecule has 1 aliphatic rings. The Labute approximate surface area is 104 Å². The number of nitrogens with zero attached hydrogens (tertiary/aromatic N) is 2. The van der Waals surface area contributed by atoms with Crippen LogP contribution in [0.2, 0.25) is 0 Å². The molecule has 1 aliphatic carbocycles. The largest absolute Gasteiger partial charge is 0.394 e. The van der Waals surface area contributed by atoms with Crippen molar-refractivity contribution in [3.8, 4) is 0 Å². The first kappa shape index (κ1) is 12.3. The van der Waals surface area contributed by atoms with Gasteiger partial charge in [-0.25, -0.2) is 0 Å². The fourth-order valence-electron chi connectivity index (χ4n) is 2.66. The zero-order valence-electron chi connectivity index (χ0n) is 10.9. The van der Waals surface area contributed by atoms with Crippen molar-refractivity contribution in [3.05, 3.63) is 6.20 Å². The fourth-order valence-corrected chi connectivity index (χ4v) is 2.66. The molecule has 0 spiro atoms. The zero-order valence-corrected chi connectivity index (χ0v) is 10.9. The van der Waals surface area contributed by atoms with E-state index in [9.17, 15) is 0 Å². The summed E-state index contributed by atoms with van der Waals surface area (Å²) in [7, 11) is 1.89. The molecule has 1 aromatic rings. The highest BCUT2D eigenvalue weighted by Crippen LogP contribution is 2.30. The third-order valence-corrected chi connectivity index (χ3v) is 3.84. The molecule has 1 aromatic heterocycles. The van der Waals surface area contributed by atoms with E-state index in [-0.39, 0.29) is 0 Å². The molecule has 1 saturated carbocycles. The van der Waals surface area contributed by atoms with E-state index in [1.54, 1.807) is 4.68 Å². The van der Waals surface area contributed by atoms with Crippen LogP contribution in [0, 0.1) is 11.8 Å². The summed E-state index contributed by atoms with van der Waals surface area (Å²) >= 11 is 0. The van der Waals surface area contributed by atoms with Crippen molar-refractivity contribution in [1.82, 2.24) is 9.78 Å². The molecular weight excluding hydrogens is 212 g/mol. The molecule has 2 rings (SSSR count). The van der Waals surface area contributed by atoms with Gasteiger partial charge in [-0.05, 0) is 18.3 Å². The second-order valence-corrected chi connectivity index (χ2v) is 5.45. The number of rotatable bonds is 4. The average Bonchev–Trinajstić information content (AvgIpc) is 2.60. The highest BCUT2D eigenvalue weighted by molar-refractivity contribution is 5.59. The third kappa shape index (κ3) is 3.38. The van der Waals surface area contributed by atoms with Crippen molar-refractivity contribution in [3.63, 3.8) is 0 Å². The monoisotopic (exact) mass is 236 g/mol. The molecule has 0 bridgehead atoms. The third-order valence-electron chi connectivity index (χ3n) is 3.84. The molecule has 1 fully saturated rings. The van der Waals surface area contributed by atoms with Gasteiger partial charge < -0.3 is 11.1 Å². The molecule has 3 N–H and O–H groups in total. The molecule has 4 heteroatoms. The normalized spacial score (nSPS) is 24.8. The van der Waals surface area contributed by atoms with Crippen molar-refractivity contribution >= 4 is 11.5 Å². The van der Waals surface area contributed by atoms with Gasteiger partial charge in [0.15, 0.2) is 5.82 Å². The molecule has 0 radical (unpaired) electrons. The minimum atomic E-state index is 0.741. The maximum atomic E-state index is 5.83. The quantitative estimate of drug-likeness (QED) is 0.845. The van der Waals surface area contributed by atoms with E-state index in [1.165, 1.54) is 32.1 Å². The van der Waals surface area contributed by atoms with Crippen molar-refractivity contribution in [2.75, 3.05) is 17.6 Å². The van der Waals surface area contributed by atoms with E-state index in [2.05, 4.69) is 17.3 Å². The van der Waals surface area contributed by atoms with Crippen LogP contribution in [0.3, 0.4) is 0 Å². The predicted octanol–water partition coefficient (Wildman–Crippen LogP) is 2.63. The number of aromatic nitrogens is 2. The van der Waals surface area contributed by atoms with Crippen LogP contribution in [0.15, 0.2) is 6.20 Å². The second-order valence-electron chi connectivity index (χ2n) is 5.45. The number of aryl methyl sites for hydroxylation is 1. The molecule has 0 saturated heterocycles. The Bertz CT molecular complexity index is 350. The van der Waals surface area contributed by atoms with Gasteiger partial charge in [0.25, 0.3) is 0 Å². The maximum Gasteiger partial charge on any atom is 0.171 e. The van der Waals surface area contributed by atoms with Gasteiger partial charge in [-0.15, -0.1) is 0 Å². The standard InChI is InChI=1S/C13H24N4/c1-10-3-5-11(6-4-10)7-8-15-13-12(14)9-17(2)16-13/h9-11H,3-8,14H2,1-2H3,(H,15,16). The molecular formula is C13H24N4. The van der Waals surface area contributed by atoms with Gasteiger partial charge >= 0.3 is 0 Å². The van der Waals surface area contributed by atoms with E-state index < -0.39 is 0 Å². The zero-order chi connectivity index (χ0) is 12.3. The van der Waals surface area contributed by atoms with Crippen LogP contribution in [0.25, 0.3) is 0 Å². The van der Waals surface area contributed by atoms with E-state index in [1.807, 2.05) is 13.2 Å². The van der Waals surface area contributed by atoms with Gasteiger partial charge in [-0.3, -0.25) is 4.68 Å². The molecule has 1 heterocycles. The lowest BCUT2D eigenvalue weighted by molar-refractivity contribution is 0.282. The van der Waals surface area contributed by atoms with Gasteiger partial charge in [0.05, 0.1) is 5.69 Å². The van der Waals surface area contributed by atoms with Gasteiger partial charge in [0.2, 0.25) is 0 Å². The van der Waals surface area contributed by atoms with E-state index >= 15 is 0 Å². The summed E-state index contributed by atoms with van der Waals surface area (Å²) in [6.45, 7) is 3.35. The molecule has 0 aromatic carbocycles. The number of hydrogen-bond donors (Lipinski definition) is 2. The summed E-state index contributed by atoms with van der Waals surface area (Å²) in [5.74, 6) is 2.66. The Morgan fingerprint density at radius 3 is 2.71 bits per heavy atom. The molecule has 0 amide bonds. The summed E-state index contributed by atoms with van der Waals surface area (Å²) < 4.78 is 1.75. The first-order valence-corrected chi connectivity index (χ1v) is 6.68. The lowest BCUT2D eigenvalue weighted by atomic mass is 9.81. The highest BCUT2D eigenvalue weighted by Gasteiger charge is 2.17. The maximum absolute atomic E-state index is 5.83. The summed E-state index contributed by atoms with van der Waals surface area (Å²) in [5, 5.41) is 7.62. The van der Waals surface area contributed by atoms with Crippen LogP contribution in [0.4, 0.5) is 11.5 Å². The summed E-state index contributed by atoms with van der Waals surface area (Å²) in [6, 6.07) is 0. The summed E-state index contributed by atoms with van der Waals surface area (Å²) in [4.78, 5) is 0. The van der Waals surface area contributed by atoms with Gasteiger partial charge in [0, 0.05) is 19.8 Å². The van der Waals surface area contributed by atoms with Crippen molar-refractivity contribution in [1.29, 1.82) is 0 Å². The molecule has 4 nitrogen and oxygen atoms in total. The minimum absolute atomic E-state index is 0.741. The van der Waals surface area contributed by atoms with Crippen LogP contribution in [0.5, 0.6) is 0 Å². The van der Waals surface area contributed by atoms with Crippen LogP contribution >= 0.6 is 0 Å². The van der Waals surface area contributed by atoms with Crippen molar-refractivity contribution in [2.24, 2.45) is 18.9 Å². The number of nitrogens with two attached hydrogens (primary N) is 1. The lowest BCUT2D eigenvalue weighted by Crippen LogP contribution is -2.16. The molecule has 17 heavy (non-hydrogen) atoms. The lowest BCUT2D eigenvalue weighted by Gasteiger charge is -2.26. The van der Waals surface area contributed by atoms with Gasteiger partial charge in [0.1, 0.15) is 0 Å². The number of nitrogen functional groups attached to an aromatic ring is 1. The first-order chi connectivity index (χ1) is 8.15.